The highest BCUT2D eigenvalue weighted by Gasteiger charge is 2.15. The summed E-state index contributed by atoms with van der Waals surface area (Å²) in [5, 5.41) is 7.81. The van der Waals surface area contributed by atoms with Crippen molar-refractivity contribution in [2.45, 2.75) is 39.7 Å². The molecular formula is C17H26N4. The molecule has 2 rings (SSSR count). The molecule has 1 atom stereocenters. The highest BCUT2D eigenvalue weighted by molar-refractivity contribution is 5.15. The van der Waals surface area contributed by atoms with Crippen molar-refractivity contribution >= 4 is 0 Å². The van der Waals surface area contributed by atoms with E-state index < -0.39 is 0 Å². The van der Waals surface area contributed by atoms with Gasteiger partial charge in [-0.2, -0.15) is 5.10 Å². The zero-order chi connectivity index (χ0) is 15.1. The fraction of sp³-hybridized carbons (Fsp3) is 0.529. The first kappa shape index (κ1) is 15.7. The van der Waals surface area contributed by atoms with Gasteiger partial charge in [0.15, 0.2) is 0 Å². The highest BCUT2D eigenvalue weighted by Crippen LogP contribution is 2.15. The second-order valence-electron chi connectivity index (χ2n) is 5.78. The molecule has 0 saturated heterocycles. The molecule has 0 fully saturated rings. The van der Waals surface area contributed by atoms with Crippen LogP contribution in [0.15, 0.2) is 36.7 Å². The van der Waals surface area contributed by atoms with Gasteiger partial charge >= 0.3 is 0 Å². The SMILES string of the molecule is CCNCC(Cc1ccccc1)Cc1ncnn1C(C)C. The summed E-state index contributed by atoms with van der Waals surface area (Å²) in [6, 6.07) is 11.0. The minimum atomic E-state index is 0.360. The van der Waals surface area contributed by atoms with Gasteiger partial charge in [0.25, 0.3) is 0 Å². The average Bonchev–Trinajstić information content (AvgIpc) is 2.94. The third-order valence-corrected chi connectivity index (χ3v) is 3.66. The maximum atomic E-state index is 4.45. The van der Waals surface area contributed by atoms with Crippen molar-refractivity contribution in [1.82, 2.24) is 20.1 Å². The van der Waals surface area contributed by atoms with E-state index in [-0.39, 0.29) is 0 Å². The van der Waals surface area contributed by atoms with Crippen LogP contribution in [-0.4, -0.2) is 27.9 Å². The fourth-order valence-corrected chi connectivity index (χ4v) is 2.62. The van der Waals surface area contributed by atoms with Gasteiger partial charge in [-0.05, 0) is 44.8 Å². The topological polar surface area (TPSA) is 42.7 Å². The van der Waals surface area contributed by atoms with Gasteiger partial charge in [-0.1, -0.05) is 37.3 Å². The van der Waals surface area contributed by atoms with Crippen LogP contribution in [-0.2, 0) is 12.8 Å². The standard InChI is InChI=1S/C17H26N4/c1-4-18-12-16(10-15-8-6-5-7-9-15)11-17-19-13-20-21(17)14(2)3/h5-9,13-14,16,18H,4,10-12H2,1-3H3. The lowest BCUT2D eigenvalue weighted by molar-refractivity contribution is 0.433. The molecule has 0 aliphatic heterocycles. The summed E-state index contributed by atoms with van der Waals surface area (Å²) in [5.41, 5.74) is 1.39. The first-order chi connectivity index (χ1) is 10.2. The number of nitrogens with zero attached hydrogens (tertiary/aromatic N) is 3. The van der Waals surface area contributed by atoms with Gasteiger partial charge in [-0.25, -0.2) is 9.67 Å². The minimum absolute atomic E-state index is 0.360. The Morgan fingerprint density at radius 3 is 2.57 bits per heavy atom. The number of rotatable bonds is 8. The molecule has 1 aromatic carbocycles. The molecule has 1 aromatic heterocycles. The van der Waals surface area contributed by atoms with Gasteiger partial charge in [-0.15, -0.1) is 0 Å². The van der Waals surface area contributed by atoms with E-state index in [1.807, 2.05) is 4.68 Å². The summed E-state index contributed by atoms with van der Waals surface area (Å²) in [6.07, 6.45) is 3.70. The molecule has 0 amide bonds. The third kappa shape index (κ3) is 4.67. The van der Waals surface area contributed by atoms with Crippen LogP contribution >= 0.6 is 0 Å². The summed E-state index contributed by atoms with van der Waals surface area (Å²) >= 11 is 0. The second-order valence-corrected chi connectivity index (χ2v) is 5.78. The molecule has 0 radical (unpaired) electrons. The predicted octanol–water partition coefficient (Wildman–Crippen LogP) is 2.87. The smallest absolute Gasteiger partial charge is 0.138 e. The molecule has 0 aliphatic rings. The van der Waals surface area contributed by atoms with Gasteiger partial charge < -0.3 is 5.32 Å². The zero-order valence-corrected chi connectivity index (χ0v) is 13.3. The van der Waals surface area contributed by atoms with E-state index >= 15 is 0 Å². The average molecular weight is 286 g/mol. The van der Waals surface area contributed by atoms with Gasteiger partial charge in [-0.3, -0.25) is 0 Å². The lowest BCUT2D eigenvalue weighted by Crippen LogP contribution is -2.27. The van der Waals surface area contributed by atoms with Crippen molar-refractivity contribution in [3.05, 3.63) is 48.0 Å². The maximum Gasteiger partial charge on any atom is 0.138 e. The van der Waals surface area contributed by atoms with Crippen molar-refractivity contribution in [3.63, 3.8) is 0 Å². The first-order valence-corrected chi connectivity index (χ1v) is 7.83. The lowest BCUT2D eigenvalue weighted by Gasteiger charge is -2.18. The Morgan fingerprint density at radius 1 is 1.14 bits per heavy atom. The van der Waals surface area contributed by atoms with Crippen LogP contribution in [0.4, 0.5) is 0 Å². The van der Waals surface area contributed by atoms with E-state index in [1.54, 1.807) is 6.33 Å². The van der Waals surface area contributed by atoms with Crippen LogP contribution in [0.2, 0.25) is 0 Å². The zero-order valence-electron chi connectivity index (χ0n) is 13.3. The lowest BCUT2D eigenvalue weighted by atomic mass is 9.95. The van der Waals surface area contributed by atoms with Gasteiger partial charge in [0.05, 0.1) is 0 Å². The molecule has 21 heavy (non-hydrogen) atoms. The fourth-order valence-electron chi connectivity index (χ4n) is 2.62. The van der Waals surface area contributed by atoms with Crippen molar-refractivity contribution in [1.29, 1.82) is 0 Å². The van der Waals surface area contributed by atoms with E-state index in [0.717, 1.165) is 31.8 Å². The summed E-state index contributed by atoms with van der Waals surface area (Å²) in [7, 11) is 0. The van der Waals surface area contributed by atoms with Crippen molar-refractivity contribution in [3.8, 4) is 0 Å². The number of nitrogens with one attached hydrogen (secondary N) is 1. The van der Waals surface area contributed by atoms with Crippen LogP contribution in [0.3, 0.4) is 0 Å². The number of hydrogen-bond acceptors (Lipinski definition) is 3. The minimum Gasteiger partial charge on any atom is -0.317 e. The van der Waals surface area contributed by atoms with Gasteiger partial charge in [0, 0.05) is 12.5 Å². The maximum absolute atomic E-state index is 4.45. The summed E-state index contributed by atoms with van der Waals surface area (Å²) in [6.45, 7) is 8.46. The largest absolute Gasteiger partial charge is 0.317 e. The predicted molar refractivity (Wildman–Crippen MR) is 86.3 cm³/mol. The van der Waals surface area contributed by atoms with Crippen molar-refractivity contribution in [2.75, 3.05) is 13.1 Å². The molecule has 114 valence electrons. The van der Waals surface area contributed by atoms with Crippen LogP contribution < -0.4 is 5.32 Å². The Hall–Kier alpha value is -1.68. The Kier molecular flexibility index (Phi) is 5.93. The molecular weight excluding hydrogens is 260 g/mol. The van der Waals surface area contributed by atoms with Crippen LogP contribution in [0.1, 0.15) is 38.2 Å². The van der Waals surface area contributed by atoms with E-state index in [0.29, 0.717) is 12.0 Å². The molecule has 1 unspecified atom stereocenters. The molecule has 4 nitrogen and oxygen atoms in total. The molecule has 0 saturated carbocycles. The summed E-state index contributed by atoms with van der Waals surface area (Å²) in [5.74, 6) is 1.62. The molecule has 2 aromatic rings. The normalized spacial score (nSPS) is 12.8. The highest BCUT2D eigenvalue weighted by atomic mass is 15.3. The number of aromatic nitrogens is 3. The third-order valence-electron chi connectivity index (χ3n) is 3.66. The number of hydrogen-bond donors (Lipinski definition) is 1. The van der Waals surface area contributed by atoms with Gasteiger partial charge in [0.1, 0.15) is 12.2 Å². The monoisotopic (exact) mass is 286 g/mol. The van der Waals surface area contributed by atoms with E-state index in [2.05, 4.69) is 66.5 Å². The van der Waals surface area contributed by atoms with E-state index in [1.165, 1.54) is 5.56 Å². The molecule has 1 heterocycles. The summed E-state index contributed by atoms with van der Waals surface area (Å²) < 4.78 is 2.03. The number of benzene rings is 1. The Bertz CT molecular complexity index is 519. The molecule has 0 aliphatic carbocycles. The molecule has 1 N–H and O–H groups in total. The van der Waals surface area contributed by atoms with Crippen molar-refractivity contribution < 1.29 is 0 Å². The van der Waals surface area contributed by atoms with Crippen molar-refractivity contribution in [2.24, 2.45) is 5.92 Å². The van der Waals surface area contributed by atoms with E-state index in [9.17, 15) is 0 Å². The Balaban J connectivity index is 2.07. The van der Waals surface area contributed by atoms with Crippen LogP contribution in [0.5, 0.6) is 0 Å². The molecule has 0 bridgehead atoms. The molecule has 4 heteroatoms. The second kappa shape index (κ2) is 7.93. The Labute approximate surface area is 127 Å². The molecule has 0 spiro atoms. The van der Waals surface area contributed by atoms with Gasteiger partial charge in [0.2, 0.25) is 0 Å². The summed E-state index contributed by atoms with van der Waals surface area (Å²) in [4.78, 5) is 4.45. The first-order valence-electron chi connectivity index (χ1n) is 7.83. The quantitative estimate of drug-likeness (QED) is 0.811. The van der Waals surface area contributed by atoms with E-state index in [4.69, 9.17) is 0 Å². The van der Waals surface area contributed by atoms with Crippen LogP contribution in [0.25, 0.3) is 0 Å². The van der Waals surface area contributed by atoms with Crippen LogP contribution in [0, 0.1) is 5.92 Å². The Morgan fingerprint density at radius 2 is 1.90 bits per heavy atom.